The van der Waals surface area contributed by atoms with Gasteiger partial charge in [0.2, 0.25) is 0 Å². The molecule has 0 saturated carbocycles. The third-order valence-electron chi connectivity index (χ3n) is 3.85. The third kappa shape index (κ3) is 2.73. The van der Waals surface area contributed by atoms with Crippen LogP contribution >= 0.6 is 0 Å². The molecule has 1 aliphatic heterocycles. The Morgan fingerprint density at radius 3 is 2.67 bits per heavy atom. The summed E-state index contributed by atoms with van der Waals surface area (Å²) in [5, 5.41) is 0. The summed E-state index contributed by atoms with van der Waals surface area (Å²) < 4.78 is 14.0. The van der Waals surface area contributed by atoms with E-state index in [0.717, 1.165) is 31.4 Å². The van der Waals surface area contributed by atoms with Crippen LogP contribution in [-0.4, -0.2) is 23.5 Å². The molecule has 0 spiro atoms. The number of rotatable bonds is 2. The highest BCUT2D eigenvalue weighted by atomic mass is 19.1. The lowest BCUT2D eigenvalue weighted by Crippen LogP contribution is -2.43. The Morgan fingerprint density at radius 1 is 1.28 bits per heavy atom. The van der Waals surface area contributed by atoms with Gasteiger partial charge in [0.25, 0.3) is 0 Å². The fourth-order valence-electron chi connectivity index (χ4n) is 2.92. The van der Waals surface area contributed by atoms with Crippen LogP contribution in [0.4, 0.5) is 4.39 Å². The van der Waals surface area contributed by atoms with E-state index in [2.05, 4.69) is 18.7 Å². The first kappa shape index (κ1) is 13.5. The van der Waals surface area contributed by atoms with Crippen LogP contribution in [0.1, 0.15) is 44.7 Å². The van der Waals surface area contributed by atoms with Crippen molar-refractivity contribution in [2.45, 2.75) is 51.2 Å². The number of halogens is 1. The van der Waals surface area contributed by atoms with Crippen molar-refractivity contribution in [3.8, 4) is 0 Å². The van der Waals surface area contributed by atoms with E-state index in [4.69, 9.17) is 5.73 Å². The zero-order valence-electron chi connectivity index (χ0n) is 11.3. The Hall–Kier alpha value is -0.930. The summed E-state index contributed by atoms with van der Waals surface area (Å²) >= 11 is 0. The van der Waals surface area contributed by atoms with Gasteiger partial charge in [-0.15, -0.1) is 0 Å². The number of nitrogens with two attached hydrogens (primary N) is 1. The Morgan fingerprint density at radius 2 is 2.00 bits per heavy atom. The Bertz CT molecular complexity index is 392. The summed E-state index contributed by atoms with van der Waals surface area (Å²) in [4.78, 5) is 2.34. The van der Waals surface area contributed by atoms with E-state index in [-0.39, 0.29) is 17.9 Å². The number of hydrogen-bond acceptors (Lipinski definition) is 2. The summed E-state index contributed by atoms with van der Waals surface area (Å²) in [5.41, 5.74) is 7.05. The maximum Gasteiger partial charge on any atom is 0.128 e. The van der Waals surface area contributed by atoms with Crippen molar-refractivity contribution in [3.05, 3.63) is 35.6 Å². The molecule has 1 heterocycles. The molecule has 1 saturated heterocycles. The van der Waals surface area contributed by atoms with Gasteiger partial charge in [0.05, 0.1) is 6.04 Å². The first-order valence-corrected chi connectivity index (χ1v) is 6.87. The van der Waals surface area contributed by atoms with Gasteiger partial charge in [-0.25, -0.2) is 4.39 Å². The minimum atomic E-state index is -0.134. The number of likely N-dealkylation sites (tertiary alicyclic amines) is 1. The predicted octanol–water partition coefficient (Wildman–Crippen LogP) is 3.09. The highest BCUT2D eigenvalue weighted by Gasteiger charge is 2.31. The van der Waals surface area contributed by atoms with Gasteiger partial charge < -0.3 is 5.73 Å². The molecule has 0 aromatic heterocycles. The number of benzene rings is 1. The molecule has 2 rings (SSSR count). The molecule has 1 aromatic rings. The molecule has 0 radical (unpaired) electrons. The van der Waals surface area contributed by atoms with Crippen molar-refractivity contribution >= 4 is 0 Å². The maximum absolute atomic E-state index is 14.0. The van der Waals surface area contributed by atoms with Crippen LogP contribution in [0, 0.1) is 5.82 Å². The second kappa shape index (κ2) is 5.81. The monoisotopic (exact) mass is 250 g/mol. The lowest BCUT2D eigenvalue weighted by atomic mass is 9.95. The van der Waals surface area contributed by atoms with Gasteiger partial charge in [0.15, 0.2) is 0 Å². The molecule has 2 N–H and O–H groups in total. The summed E-state index contributed by atoms with van der Waals surface area (Å²) in [6.45, 7) is 5.32. The molecule has 18 heavy (non-hydrogen) atoms. The van der Waals surface area contributed by atoms with E-state index in [1.807, 2.05) is 12.1 Å². The minimum absolute atomic E-state index is 0.00806. The summed E-state index contributed by atoms with van der Waals surface area (Å²) in [6.07, 6.45) is 3.26. The molecule has 2 atom stereocenters. The predicted molar refractivity (Wildman–Crippen MR) is 72.8 cm³/mol. The van der Waals surface area contributed by atoms with Gasteiger partial charge in [-0.2, -0.15) is 0 Å². The molecule has 1 aromatic carbocycles. The Labute approximate surface area is 109 Å². The molecular formula is C15H23FN2. The van der Waals surface area contributed by atoms with Crippen molar-refractivity contribution < 1.29 is 4.39 Å². The summed E-state index contributed by atoms with van der Waals surface area (Å²) in [6, 6.07) is 7.46. The van der Waals surface area contributed by atoms with Crippen molar-refractivity contribution in [1.29, 1.82) is 0 Å². The first-order valence-electron chi connectivity index (χ1n) is 6.87. The van der Waals surface area contributed by atoms with Crippen molar-refractivity contribution in [2.24, 2.45) is 5.73 Å². The van der Waals surface area contributed by atoms with Crippen molar-refractivity contribution in [1.82, 2.24) is 4.90 Å². The largest absolute Gasteiger partial charge is 0.326 e. The lowest BCUT2D eigenvalue weighted by Gasteiger charge is -2.36. The van der Waals surface area contributed by atoms with Gasteiger partial charge in [-0.05, 0) is 39.3 Å². The van der Waals surface area contributed by atoms with Gasteiger partial charge in [-0.3, -0.25) is 4.90 Å². The van der Waals surface area contributed by atoms with E-state index in [0.29, 0.717) is 6.04 Å². The number of hydrogen-bond donors (Lipinski definition) is 1. The molecule has 0 bridgehead atoms. The van der Waals surface area contributed by atoms with E-state index < -0.39 is 0 Å². The average Bonchev–Trinajstić information content (AvgIpc) is 2.52. The van der Waals surface area contributed by atoms with Crippen LogP contribution in [0.15, 0.2) is 24.3 Å². The zero-order valence-corrected chi connectivity index (χ0v) is 11.3. The molecule has 2 unspecified atom stereocenters. The van der Waals surface area contributed by atoms with E-state index in [1.165, 1.54) is 6.07 Å². The standard InChI is InChI=1S/C15H23FN2/c1-11(2)18-10-6-5-9-14(17)15(18)12-7-3-4-8-13(12)16/h3-4,7-8,11,14-15H,5-6,9-10,17H2,1-2H3. The SMILES string of the molecule is CC(C)N1CCCCC(N)C1c1ccccc1F. The second-order valence-electron chi connectivity index (χ2n) is 5.46. The van der Waals surface area contributed by atoms with Crippen LogP contribution in [0.3, 0.4) is 0 Å². The molecule has 0 aliphatic carbocycles. The molecule has 100 valence electrons. The molecule has 0 amide bonds. The van der Waals surface area contributed by atoms with Gasteiger partial charge in [0.1, 0.15) is 5.82 Å². The van der Waals surface area contributed by atoms with Crippen LogP contribution in [0.2, 0.25) is 0 Å². The number of nitrogens with zero attached hydrogens (tertiary/aromatic N) is 1. The highest BCUT2D eigenvalue weighted by Crippen LogP contribution is 2.32. The fourth-order valence-corrected chi connectivity index (χ4v) is 2.92. The van der Waals surface area contributed by atoms with Crippen molar-refractivity contribution in [2.75, 3.05) is 6.54 Å². The second-order valence-corrected chi connectivity index (χ2v) is 5.46. The van der Waals surface area contributed by atoms with Crippen LogP contribution in [0.5, 0.6) is 0 Å². The molecule has 1 fully saturated rings. The molecule has 2 nitrogen and oxygen atoms in total. The van der Waals surface area contributed by atoms with Crippen molar-refractivity contribution in [3.63, 3.8) is 0 Å². The summed E-state index contributed by atoms with van der Waals surface area (Å²) in [5.74, 6) is -0.134. The zero-order chi connectivity index (χ0) is 13.1. The normalized spacial score (nSPS) is 26.3. The molecule has 1 aliphatic rings. The van der Waals surface area contributed by atoms with E-state index in [1.54, 1.807) is 6.07 Å². The minimum Gasteiger partial charge on any atom is -0.326 e. The Balaban J connectivity index is 2.37. The average molecular weight is 250 g/mol. The Kier molecular flexibility index (Phi) is 4.36. The van der Waals surface area contributed by atoms with Gasteiger partial charge in [0, 0.05) is 17.6 Å². The van der Waals surface area contributed by atoms with E-state index in [9.17, 15) is 4.39 Å². The topological polar surface area (TPSA) is 29.3 Å². The van der Waals surface area contributed by atoms with Crippen LogP contribution in [0.25, 0.3) is 0 Å². The highest BCUT2D eigenvalue weighted by molar-refractivity contribution is 5.23. The maximum atomic E-state index is 14.0. The van der Waals surface area contributed by atoms with Crippen LogP contribution in [-0.2, 0) is 0 Å². The smallest absolute Gasteiger partial charge is 0.128 e. The quantitative estimate of drug-likeness (QED) is 0.874. The van der Waals surface area contributed by atoms with E-state index >= 15 is 0 Å². The van der Waals surface area contributed by atoms with Crippen LogP contribution < -0.4 is 5.73 Å². The third-order valence-corrected chi connectivity index (χ3v) is 3.85. The molecular weight excluding hydrogens is 227 g/mol. The van der Waals surface area contributed by atoms with Gasteiger partial charge in [-0.1, -0.05) is 24.6 Å². The first-order chi connectivity index (χ1) is 8.61. The van der Waals surface area contributed by atoms with Gasteiger partial charge >= 0.3 is 0 Å². The lowest BCUT2D eigenvalue weighted by molar-refractivity contribution is 0.141. The molecule has 3 heteroatoms. The fraction of sp³-hybridized carbons (Fsp3) is 0.600. The summed E-state index contributed by atoms with van der Waals surface area (Å²) in [7, 11) is 0.